The van der Waals surface area contributed by atoms with Gasteiger partial charge in [0.05, 0.1) is 17.1 Å². The molecule has 8 heteroatoms. The summed E-state index contributed by atoms with van der Waals surface area (Å²) in [6, 6.07) is 5.36. The van der Waals surface area contributed by atoms with Gasteiger partial charge in [0.25, 0.3) is 0 Å². The van der Waals surface area contributed by atoms with Crippen LogP contribution >= 0.6 is 11.8 Å². The molecule has 1 heterocycles. The van der Waals surface area contributed by atoms with Gasteiger partial charge in [0.1, 0.15) is 0 Å². The zero-order valence-electron chi connectivity index (χ0n) is 14.7. The number of carbonyl (C=O) groups is 2. The van der Waals surface area contributed by atoms with Gasteiger partial charge in [0, 0.05) is 17.8 Å². The summed E-state index contributed by atoms with van der Waals surface area (Å²) in [7, 11) is 0. The van der Waals surface area contributed by atoms with Crippen molar-refractivity contribution in [3.05, 3.63) is 35.2 Å². The van der Waals surface area contributed by atoms with Crippen molar-refractivity contribution in [3.8, 4) is 0 Å². The third-order valence-corrected chi connectivity index (χ3v) is 4.35. The summed E-state index contributed by atoms with van der Waals surface area (Å²) in [6.45, 7) is 7.37. The lowest BCUT2D eigenvalue weighted by Gasteiger charge is -2.10. The van der Waals surface area contributed by atoms with Crippen LogP contribution in [-0.2, 0) is 9.59 Å². The number of hydrogen-bond acceptors (Lipinski definition) is 6. The second-order valence-electron chi connectivity index (χ2n) is 5.53. The molecule has 0 aliphatic rings. The van der Waals surface area contributed by atoms with Crippen LogP contribution in [0.4, 0.5) is 11.4 Å². The van der Waals surface area contributed by atoms with Crippen LogP contribution < -0.4 is 10.6 Å². The SMILES string of the molecule is CCC(=O)Nc1ccc(NC(=O)CSc2nnc(C)c(C)n2)cc1C. The van der Waals surface area contributed by atoms with Gasteiger partial charge in [-0.15, -0.1) is 5.10 Å². The van der Waals surface area contributed by atoms with Crippen LogP contribution in [0.25, 0.3) is 0 Å². The number of rotatable bonds is 6. The Bertz CT molecular complexity index is 795. The molecule has 2 rings (SSSR count). The maximum atomic E-state index is 12.1. The van der Waals surface area contributed by atoms with Crippen LogP contribution in [0.5, 0.6) is 0 Å². The molecular weight excluding hydrogens is 338 g/mol. The van der Waals surface area contributed by atoms with E-state index in [-0.39, 0.29) is 17.6 Å². The molecule has 0 aliphatic heterocycles. The zero-order chi connectivity index (χ0) is 18.4. The van der Waals surface area contributed by atoms with Crippen molar-refractivity contribution < 1.29 is 9.59 Å². The summed E-state index contributed by atoms with van der Waals surface area (Å²) in [6.07, 6.45) is 0.421. The summed E-state index contributed by atoms with van der Waals surface area (Å²) in [5.74, 6) is -0.00719. The van der Waals surface area contributed by atoms with Crippen molar-refractivity contribution in [2.75, 3.05) is 16.4 Å². The van der Waals surface area contributed by atoms with Crippen LogP contribution in [0.1, 0.15) is 30.3 Å². The predicted octanol–water partition coefficient (Wildman–Crippen LogP) is 2.88. The van der Waals surface area contributed by atoms with Crippen LogP contribution in [0.3, 0.4) is 0 Å². The highest BCUT2D eigenvalue weighted by molar-refractivity contribution is 7.99. The van der Waals surface area contributed by atoms with E-state index in [2.05, 4.69) is 25.8 Å². The molecule has 0 fully saturated rings. The van der Waals surface area contributed by atoms with Crippen molar-refractivity contribution in [3.63, 3.8) is 0 Å². The van der Waals surface area contributed by atoms with E-state index in [4.69, 9.17) is 0 Å². The van der Waals surface area contributed by atoms with Gasteiger partial charge in [-0.05, 0) is 44.5 Å². The number of anilines is 2. The molecule has 1 aromatic carbocycles. The Kier molecular flexibility index (Phi) is 6.46. The van der Waals surface area contributed by atoms with Crippen molar-refractivity contribution in [2.24, 2.45) is 0 Å². The van der Waals surface area contributed by atoms with Gasteiger partial charge in [0.15, 0.2) is 0 Å². The number of benzene rings is 1. The van der Waals surface area contributed by atoms with Gasteiger partial charge in [-0.3, -0.25) is 9.59 Å². The molecule has 1 aromatic heterocycles. The summed E-state index contributed by atoms with van der Waals surface area (Å²) in [5.41, 5.74) is 3.89. The van der Waals surface area contributed by atoms with Crippen molar-refractivity contribution in [2.45, 2.75) is 39.3 Å². The van der Waals surface area contributed by atoms with Crippen LogP contribution in [-0.4, -0.2) is 32.7 Å². The fourth-order valence-corrected chi connectivity index (χ4v) is 2.58. The monoisotopic (exact) mass is 359 g/mol. The first kappa shape index (κ1) is 18.9. The van der Waals surface area contributed by atoms with E-state index in [0.29, 0.717) is 17.3 Å². The molecule has 0 saturated carbocycles. The first-order chi connectivity index (χ1) is 11.9. The van der Waals surface area contributed by atoms with E-state index in [0.717, 1.165) is 22.6 Å². The molecule has 2 N–H and O–H groups in total. The molecular formula is C17H21N5O2S. The van der Waals surface area contributed by atoms with E-state index in [1.807, 2.05) is 26.8 Å². The van der Waals surface area contributed by atoms with E-state index in [9.17, 15) is 9.59 Å². The van der Waals surface area contributed by atoms with Crippen LogP contribution in [0, 0.1) is 20.8 Å². The number of thioether (sulfide) groups is 1. The largest absolute Gasteiger partial charge is 0.326 e. The Morgan fingerprint density at radius 2 is 1.80 bits per heavy atom. The average molecular weight is 359 g/mol. The van der Waals surface area contributed by atoms with E-state index in [1.54, 1.807) is 19.1 Å². The molecule has 0 atom stereocenters. The molecule has 7 nitrogen and oxygen atoms in total. The predicted molar refractivity (Wildman–Crippen MR) is 98.8 cm³/mol. The molecule has 0 saturated heterocycles. The Balaban J connectivity index is 1.92. The van der Waals surface area contributed by atoms with Crippen molar-refractivity contribution in [1.29, 1.82) is 0 Å². The third-order valence-electron chi connectivity index (χ3n) is 3.51. The Morgan fingerprint density at radius 3 is 2.44 bits per heavy atom. The summed E-state index contributed by atoms with van der Waals surface area (Å²) in [4.78, 5) is 27.8. The normalized spacial score (nSPS) is 10.4. The standard InChI is InChI=1S/C17H21N5O2S/c1-5-15(23)20-14-7-6-13(8-10(14)2)19-16(24)9-25-17-18-11(3)12(4)21-22-17/h6-8H,5,9H2,1-4H3,(H,19,24)(H,20,23). The Morgan fingerprint density at radius 1 is 1.04 bits per heavy atom. The molecule has 132 valence electrons. The number of hydrogen-bond donors (Lipinski definition) is 2. The van der Waals surface area contributed by atoms with Crippen LogP contribution in [0.15, 0.2) is 23.4 Å². The minimum Gasteiger partial charge on any atom is -0.326 e. The fourth-order valence-electron chi connectivity index (χ4n) is 1.95. The molecule has 0 spiro atoms. The molecule has 0 bridgehead atoms. The highest BCUT2D eigenvalue weighted by Crippen LogP contribution is 2.20. The van der Waals surface area contributed by atoms with Gasteiger partial charge in [-0.1, -0.05) is 18.7 Å². The number of nitrogens with one attached hydrogen (secondary N) is 2. The lowest BCUT2D eigenvalue weighted by molar-refractivity contribution is -0.116. The van der Waals surface area contributed by atoms with Gasteiger partial charge >= 0.3 is 0 Å². The topological polar surface area (TPSA) is 96.9 Å². The highest BCUT2D eigenvalue weighted by Gasteiger charge is 2.09. The second-order valence-corrected chi connectivity index (χ2v) is 6.48. The smallest absolute Gasteiger partial charge is 0.234 e. The van der Waals surface area contributed by atoms with Gasteiger partial charge in [-0.2, -0.15) is 5.10 Å². The van der Waals surface area contributed by atoms with E-state index >= 15 is 0 Å². The minimum atomic E-state index is -0.156. The van der Waals surface area contributed by atoms with Crippen molar-refractivity contribution in [1.82, 2.24) is 15.2 Å². The van der Waals surface area contributed by atoms with Gasteiger partial charge in [-0.25, -0.2) is 4.98 Å². The maximum Gasteiger partial charge on any atom is 0.234 e. The number of aromatic nitrogens is 3. The maximum absolute atomic E-state index is 12.1. The Hall–Kier alpha value is -2.48. The first-order valence-corrected chi connectivity index (χ1v) is 8.88. The number of aryl methyl sites for hydroxylation is 3. The van der Waals surface area contributed by atoms with Gasteiger partial charge < -0.3 is 10.6 Å². The summed E-state index contributed by atoms with van der Waals surface area (Å²) < 4.78 is 0. The van der Waals surface area contributed by atoms with Crippen molar-refractivity contribution >= 4 is 35.0 Å². The fraction of sp³-hybridized carbons (Fsp3) is 0.353. The molecule has 0 unspecified atom stereocenters. The molecule has 0 aliphatic carbocycles. The molecule has 2 aromatic rings. The second kappa shape index (κ2) is 8.57. The van der Waals surface area contributed by atoms with Crippen LogP contribution in [0.2, 0.25) is 0 Å². The minimum absolute atomic E-state index is 0.0433. The molecule has 25 heavy (non-hydrogen) atoms. The first-order valence-electron chi connectivity index (χ1n) is 7.90. The number of nitrogens with zero attached hydrogens (tertiary/aromatic N) is 3. The lowest BCUT2D eigenvalue weighted by atomic mass is 10.1. The Labute approximate surface area is 151 Å². The molecule has 2 amide bonds. The third kappa shape index (κ3) is 5.53. The highest BCUT2D eigenvalue weighted by atomic mass is 32.2. The summed E-state index contributed by atoms with van der Waals surface area (Å²) >= 11 is 1.24. The zero-order valence-corrected chi connectivity index (χ0v) is 15.5. The lowest BCUT2D eigenvalue weighted by Crippen LogP contribution is -2.15. The molecule has 0 radical (unpaired) electrons. The van der Waals surface area contributed by atoms with E-state index in [1.165, 1.54) is 11.8 Å². The van der Waals surface area contributed by atoms with Gasteiger partial charge in [0.2, 0.25) is 17.0 Å². The summed E-state index contributed by atoms with van der Waals surface area (Å²) in [5, 5.41) is 14.1. The quantitative estimate of drug-likeness (QED) is 0.770. The van der Waals surface area contributed by atoms with E-state index < -0.39 is 0 Å². The average Bonchev–Trinajstić information content (AvgIpc) is 2.58. The number of amides is 2. The number of carbonyl (C=O) groups excluding carboxylic acids is 2.